The minimum Gasteiger partial charge on any atom is -0.508 e. The van der Waals surface area contributed by atoms with Gasteiger partial charge in [0.05, 0.1) is 0 Å². The van der Waals surface area contributed by atoms with E-state index in [1.165, 1.54) is 0 Å². The quantitative estimate of drug-likeness (QED) is 0.665. The van der Waals surface area contributed by atoms with Crippen molar-refractivity contribution in [3.8, 4) is 5.75 Å². The van der Waals surface area contributed by atoms with Crippen molar-refractivity contribution in [1.29, 1.82) is 0 Å². The van der Waals surface area contributed by atoms with E-state index < -0.39 is 0 Å². The Kier molecular flexibility index (Phi) is 2.05. The average molecular weight is 176 g/mol. The molecule has 0 bridgehead atoms. The molecule has 0 atom stereocenters. The molecule has 1 aliphatic rings. The van der Waals surface area contributed by atoms with Crippen LogP contribution in [0.2, 0.25) is 0 Å². The summed E-state index contributed by atoms with van der Waals surface area (Å²) in [6.07, 6.45) is 4.95. The zero-order chi connectivity index (χ0) is 9.26. The molecule has 0 fully saturated rings. The van der Waals surface area contributed by atoms with Gasteiger partial charge in [-0.1, -0.05) is 0 Å². The Hall–Kier alpha value is -1.31. The Bertz CT molecular complexity index is 342. The molecule has 0 aliphatic heterocycles. The number of hydrogen-bond donors (Lipinski definition) is 1. The molecule has 0 aromatic heterocycles. The topological polar surface area (TPSA) is 37.3 Å². The highest BCUT2D eigenvalue weighted by Crippen LogP contribution is 2.30. The van der Waals surface area contributed by atoms with Crippen molar-refractivity contribution >= 4 is 6.29 Å². The fourth-order valence-electron chi connectivity index (χ4n) is 1.99. The maximum atomic E-state index is 10.7. The summed E-state index contributed by atoms with van der Waals surface area (Å²) in [6, 6.07) is 3.32. The molecular weight excluding hydrogens is 164 g/mol. The smallest absolute Gasteiger partial charge is 0.150 e. The van der Waals surface area contributed by atoms with E-state index in [1.54, 1.807) is 12.1 Å². The number of phenols is 1. The summed E-state index contributed by atoms with van der Waals surface area (Å²) in [5, 5.41) is 9.56. The van der Waals surface area contributed by atoms with Crippen LogP contribution in [-0.2, 0) is 12.8 Å². The van der Waals surface area contributed by atoms with Crippen LogP contribution in [0.3, 0.4) is 0 Å². The Morgan fingerprint density at radius 1 is 1.15 bits per heavy atom. The second kappa shape index (κ2) is 3.21. The minimum atomic E-state index is 0.348. The number of phenolic OH excluding ortho intramolecular Hbond substituents is 1. The molecule has 2 rings (SSSR count). The molecule has 0 saturated carbocycles. The molecule has 1 aliphatic carbocycles. The molecular formula is C11H12O2. The monoisotopic (exact) mass is 176 g/mol. The van der Waals surface area contributed by atoms with Gasteiger partial charge in [-0.25, -0.2) is 0 Å². The molecule has 13 heavy (non-hydrogen) atoms. The van der Waals surface area contributed by atoms with E-state index in [2.05, 4.69) is 0 Å². The van der Waals surface area contributed by atoms with Crippen LogP contribution in [0.5, 0.6) is 5.75 Å². The summed E-state index contributed by atoms with van der Waals surface area (Å²) in [7, 11) is 0. The van der Waals surface area contributed by atoms with Gasteiger partial charge in [-0.05, 0) is 48.9 Å². The van der Waals surface area contributed by atoms with Crippen molar-refractivity contribution in [2.75, 3.05) is 0 Å². The molecule has 1 aromatic rings. The van der Waals surface area contributed by atoms with Crippen LogP contribution in [0.1, 0.15) is 34.3 Å². The van der Waals surface area contributed by atoms with E-state index in [1.807, 2.05) is 0 Å². The maximum absolute atomic E-state index is 10.7. The van der Waals surface area contributed by atoms with Crippen LogP contribution in [0.4, 0.5) is 0 Å². The number of aldehydes is 1. The molecule has 1 N–H and O–H groups in total. The Balaban J connectivity index is 2.58. The second-order valence-corrected chi connectivity index (χ2v) is 3.46. The predicted molar refractivity (Wildman–Crippen MR) is 50.1 cm³/mol. The third kappa shape index (κ3) is 1.32. The van der Waals surface area contributed by atoms with E-state index >= 15 is 0 Å². The lowest BCUT2D eigenvalue weighted by Crippen LogP contribution is -2.06. The fraction of sp³-hybridized carbons (Fsp3) is 0.364. The van der Waals surface area contributed by atoms with Gasteiger partial charge in [0, 0.05) is 5.56 Å². The SMILES string of the molecule is O=Cc1ccc(O)c2c1CCCC2. The standard InChI is InChI=1S/C11H12O2/c12-7-8-5-6-11(13)10-4-2-1-3-9(8)10/h5-7,13H,1-4H2. The van der Waals surface area contributed by atoms with Gasteiger partial charge in [0.1, 0.15) is 12.0 Å². The van der Waals surface area contributed by atoms with Gasteiger partial charge in [0.25, 0.3) is 0 Å². The molecule has 0 spiro atoms. The Labute approximate surface area is 77.2 Å². The van der Waals surface area contributed by atoms with Gasteiger partial charge >= 0.3 is 0 Å². The lowest BCUT2D eigenvalue weighted by atomic mass is 9.88. The number of carbonyl (C=O) groups is 1. The summed E-state index contributed by atoms with van der Waals surface area (Å²) in [5.74, 6) is 0.348. The molecule has 0 heterocycles. The number of hydrogen-bond acceptors (Lipinski definition) is 2. The van der Waals surface area contributed by atoms with Crippen LogP contribution in [-0.4, -0.2) is 11.4 Å². The molecule has 2 nitrogen and oxygen atoms in total. The van der Waals surface area contributed by atoms with Crippen molar-refractivity contribution in [3.63, 3.8) is 0 Å². The van der Waals surface area contributed by atoms with E-state index in [9.17, 15) is 9.90 Å². The Morgan fingerprint density at radius 3 is 2.54 bits per heavy atom. The summed E-state index contributed by atoms with van der Waals surface area (Å²) in [4.78, 5) is 10.7. The van der Waals surface area contributed by atoms with Gasteiger partial charge in [-0.2, -0.15) is 0 Å². The zero-order valence-electron chi connectivity index (χ0n) is 7.42. The van der Waals surface area contributed by atoms with Crippen LogP contribution in [0, 0.1) is 0 Å². The summed E-state index contributed by atoms with van der Waals surface area (Å²) in [6.45, 7) is 0. The second-order valence-electron chi connectivity index (χ2n) is 3.46. The van der Waals surface area contributed by atoms with Crippen molar-refractivity contribution in [2.45, 2.75) is 25.7 Å². The van der Waals surface area contributed by atoms with Gasteiger partial charge in [-0.15, -0.1) is 0 Å². The van der Waals surface area contributed by atoms with Crippen LogP contribution >= 0.6 is 0 Å². The number of fused-ring (bicyclic) bond motifs is 1. The average Bonchev–Trinajstić information content (AvgIpc) is 2.19. The Morgan fingerprint density at radius 2 is 1.85 bits per heavy atom. The highest BCUT2D eigenvalue weighted by Gasteiger charge is 2.15. The van der Waals surface area contributed by atoms with Crippen LogP contribution in [0.25, 0.3) is 0 Å². The first-order valence-corrected chi connectivity index (χ1v) is 4.62. The number of aromatic hydroxyl groups is 1. The van der Waals surface area contributed by atoms with Gasteiger partial charge < -0.3 is 5.11 Å². The summed E-state index contributed by atoms with van der Waals surface area (Å²) >= 11 is 0. The normalized spacial score (nSPS) is 15.1. The number of benzene rings is 1. The van der Waals surface area contributed by atoms with E-state index in [0.29, 0.717) is 5.75 Å². The van der Waals surface area contributed by atoms with Crippen molar-refractivity contribution in [3.05, 3.63) is 28.8 Å². The first-order valence-electron chi connectivity index (χ1n) is 4.62. The highest BCUT2D eigenvalue weighted by molar-refractivity contribution is 5.79. The first kappa shape index (κ1) is 8.30. The van der Waals surface area contributed by atoms with Crippen molar-refractivity contribution in [2.24, 2.45) is 0 Å². The van der Waals surface area contributed by atoms with Gasteiger partial charge in [-0.3, -0.25) is 4.79 Å². The molecule has 2 heteroatoms. The van der Waals surface area contributed by atoms with E-state index in [0.717, 1.165) is 48.7 Å². The minimum absolute atomic E-state index is 0.348. The third-order valence-electron chi connectivity index (χ3n) is 2.67. The van der Waals surface area contributed by atoms with Crippen molar-refractivity contribution < 1.29 is 9.90 Å². The highest BCUT2D eigenvalue weighted by atomic mass is 16.3. The summed E-state index contributed by atoms with van der Waals surface area (Å²) in [5.41, 5.74) is 2.78. The number of carbonyl (C=O) groups excluding carboxylic acids is 1. The van der Waals surface area contributed by atoms with Crippen LogP contribution in [0.15, 0.2) is 12.1 Å². The van der Waals surface area contributed by atoms with Crippen molar-refractivity contribution in [1.82, 2.24) is 0 Å². The predicted octanol–water partition coefficient (Wildman–Crippen LogP) is 2.08. The first-order chi connectivity index (χ1) is 6.33. The van der Waals surface area contributed by atoms with Gasteiger partial charge in [0.2, 0.25) is 0 Å². The van der Waals surface area contributed by atoms with Gasteiger partial charge in [0.15, 0.2) is 0 Å². The lowest BCUT2D eigenvalue weighted by molar-refractivity contribution is 0.112. The van der Waals surface area contributed by atoms with E-state index in [-0.39, 0.29) is 0 Å². The molecule has 68 valence electrons. The molecule has 1 aromatic carbocycles. The largest absolute Gasteiger partial charge is 0.508 e. The molecule has 0 saturated heterocycles. The molecule has 0 unspecified atom stereocenters. The fourth-order valence-corrected chi connectivity index (χ4v) is 1.99. The lowest BCUT2D eigenvalue weighted by Gasteiger charge is -2.18. The third-order valence-corrected chi connectivity index (χ3v) is 2.67. The summed E-state index contributed by atoms with van der Waals surface area (Å²) < 4.78 is 0. The van der Waals surface area contributed by atoms with E-state index in [4.69, 9.17) is 0 Å². The van der Waals surface area contributed by atoms with Crippen LogP contribution < -0.4 is 0 Å². The zero-order valence-corrected chi connectivity index (χ0v) is 7.42. The molecule has 0 amide bonds. The maximum Gasteiger partial charge on any atom is 0.150 e. The number of rotatable bonds is 1. The molecule has 0 radical (unpaired) electrons.